The second kappa shape index (κ2) is 14.0. The standard InChI is InChI=1S/C37H41N3O6S2/c1-37(2,36(42)38-48(43,44)33-12-5-10-31(23-33)45-3)46-32-11-4-9-30(22-32)39-20-6-8-28(25-39)35(41)40(29-18-19-29)24-26-14-16-27(17-15-26)34-13-7-21-47-34/h4-5,7,9-17,21-23,28-29H,6,8,18-20,24-25H2,1-3H3,(H,38,42). The first-order chi connectivity index (χ1) is 23.0. The van der Waals surface area contributed by atoms with Crippen molar-refractivity contribution in [1.29, 1.82) is 0 Å². The summed E-state index contributed by atoms with van der Waals surface area (Å²) in [5.74, 6) is 0.0517. The second-order valence-electron chi connectivity index (χ2n) is 12.9. The van der Waals surface area contributed by atoms with Crippen molar-refractivity contribution in [3.63, 3.8) is 0 Å². The van der Waals surface area contributed by atoms with Crippen molar-refractivity contribution in [2.75, 3.05) is 25.1 Å². The van der Waals surface area contributed by atoms with E-state index in [2.05, 4.69) is 56.3 Å². The number of carbonyl (C=O) groups is 2. The van der Waals surface area contributed by atoms with Crippen molar-refractivity contribution >= 4 is 38.9 Å². The van der Waals surface area contributed by atoms with Gasteiger partial charge in [0, 0.05) is 48.4 Å². The molecule has 1 saturated carbocycles. The first-order valence-corrected chi connectivity index (χ1v) is 18.6. The maximum atomic E-state index is 14.0. The lowest BCUT2D eigenvalue weighted by Crippen LogP contribution is -2.48. The molecule has 2 amide bonds. The molecule has 48 heavy (non-hydrogen) atoms. The molecule has 6 rings (SSSR count). The van der Waals surface area contributed by atoms with Crippen LogP contribution in [0, 0.1) is 5.92 Å². The summed E-state index contributed by atoms with van der Waals surface area (Å²) >= 11 is 1.72. The van der Waals surface area contributed by atoms with E-state index in [9.17, 15) is 18.0 Å². The van der Waals surface area contributed by atoms with Crippen molar-refractivity contribution in [2.24, 2.45) is 5.92 Å². The third kappa shape index (κ3) is 7.85. The zero-order chi connectivity index (χ0) is 33.9. The molecule has 2 heterocycles. The van der Waals surface area contributed by atoms with E-state index in [1.807, 2.05) is 18.2 Å². The highest BCUT2D eigenvalue weighted by atomic mass is 32.2. The van der Waals surface area contributed by atoms with Crippen LogP contribution >= 0.6 is 11.3 Å². The summed E-state index contributed by atoms with van der Waals surface area (Å²) in [5.41, 5.74) is 1.70. The molecule has 0 spiro atoms. The summed E-state index contributed by atoms with van der Waals surface area (Å²) in [5, 5.41) is 2.08. The Bertz CT molecular complexity index is 1850. The first kappa shape index (κ1) is 33.5. The number of nitrogens with one attached hydrogen (secondary N) is 1. The summed E-state index contributed by atoms with van der Waals surface area (Å²) in [6.45, 7) is 5.04. The molecule has 4 aromatic rings. The number of rotatable bonds is 12. The number of piperidine rings is 1. The van der Waals surface area contributed by atoms with Crippen LogP contribution in [0.2, 0.25) is 0 Å². The van der Waals surface area contributed by atoms with Crippen LogP contribution in [0.3, 0.4) is 0 Å². The minimum atomic E-state index is -4.15. The van der Waals surface area contributed by atoms with Crippen LogP contribution in [0.4, 0.5) is 5.69 Å². The Morgan fingerprint density at radius 3 is 2.42 bits per heavy atom. The number of benzene rings is 3. The number of amides is 2. The minimum Gasteiger partial charge on any atom is -0.497 e. The lowest BCUT2D eigenvalue weighted by atomic mass is 9.95. The normalized spacial score (nSPS) is 16.6. The molecule has 9 nitrogen and oxygen atoms in total. The fourth-order valence-corrected chi connectivity index (χ4v) is 7.86. The Balaban J connectivity index is 1.10. The minimum absolute atomic E-state index is 0.0884. The SMILES string of the molecule is COc1cccc(S(=O)(=O)NC(=O)C(C)(C)Oc2cccc(N3CCCC(C(=O)N(Cc4ccc(-c5cccs5)cc4)C4CC4)C3)c2)c1. The zero-order valence-electron chi connectivity index (χ0n) is 27.4. The molecule has 1 aromatic heterocycles. The summed E-state index contributed by atoms with van der Waals surface area (Å²) in [7, 11) is -2.71. The summed E-state index contributed by atoms with van der Waals surface area (Å²) in [6, 6.07) is 26.3. The fraction of sp³-hybridized carbons (Fsp3) is 0.351. The quantitative estimate of drug-likeness (QED) is 0.182. The smallest absolute Gasteiger partial charge is 0.277 e. The van der Waals surface area contributed by atoms with Crippen molar-refractivity contribution < 1.29 is 27.5 Å². The monoisotopic (exact) mass is 687 g/mol. The molecule has 11 heteroatoms. The molecule has 1 saturated heterocycles. The van der Waals surface area contributed by atoms with Crippen LogP contribution in [0.25, 0.3) is 10.4 Å². The summed E-state index contributed by atoms with van der Waals surface area (Å²) in [6.07, 6.45) is 3.80. The highest BCUT2D eigenvalue weighted by molar-refractivity contribution is 7.90. The van der Waals surface area contributed by atoms with Gasteiger partial charge in [0.2, 0.25) is 5.91 Å². The van der Waals surface area contributed by atoms with E-state index in [0.717, 1.165) is 43.5 Å². The number of anilines is 1. The average molecular weight is 688 g/mol. The van der Waals surface area contributed by atoms with E-state index in [0.29, 0.717) is 30.6 Å². The van der Waals surface area contributed by atoms with E-state index >= 15 is 0 Å². The van der Waals surface area contributed by atoms with E-state index in [4.69, 9.17) is 9.47 Å². The van der Waals surface area contributed by atoms with Gasteiger partial charge >= 0.3 is 0 Å². The van der Waals surface area contributed by atoms with Gasteiger partial charge in [-0.1, -0.05) is 42.5 Å². The van der Waals surface area contributed by atoms with Gasteiger partial charge in [-0.05, 0) is 86.4 Å². The second-order valence-corrected chi connectivity index (χ2v) is 15.5. The molecule has 2 aliphatic rings. The van der Waals surface area contributed by atoms with Crippen LogP contribution < -0.4 is 19.1 Å². The third-order valence-electron chi connectivity index (χ3n) is 8.84. The maximum absolute atomic E-state index is 14.0. The largest absolute Gasteiger partial charge is 0.497 e. The van der Waals surface area contributed by atoms with Crippen molar-refractivity contribution in [2.45, 2.75) is 62.6 Å². The Labute approximate surface area is 286 Å². The Morgan fingerprint density at radius 1 is 0.958 bits per heavy atom. The van der Waals surface area contributed by atoms with E-state index in [1.54, 1.807) is 23.5 Å². The number of ether oxygens (including phenoxy) is 2. The highest BCUT2D eigenvalue weighted by Crippen LogP contribution is 2.34. The van der Waals surface area contributed by atoms with E-state index in [-0.39, 0.29) is 16.7 Å². The molecular weight excluding hydrogens is 647 g/mol. The number of carbonyl (C=O) groups excluding carboxylic acids is 2. The number of hydrogen-bond donors (Lipinski definition) is 1. The maximum Gasteiger partial charge on any atom is 0.277 e. The van der Waals surface area contributed by atoms with Gasteiger partial charge in [-0.25, -0.2) is 13.1 Å². The molecule has 3 aromatic carbocycles. The summed E-state index contributed by atoms with van der Waals surface area (Å²) < 4.78 is 39.2. The highest BCUT2D eigenvalue weighted by Gasteiger charge is 2.38. The van der Waals surface area contributed by atoms with Crippen molar-refractivity contribution in [3.05, 3.63) is 95.9 Å². The molecule has 252 valence electrons. The molecule has 1 aliphatic heterocycles. The molecule has 1 aliphatic carbocycles. The van der Waals surface area contributed by atoms with Gasteiger partial charge in [-0.2, -0.15) is 0 Å². The number of thiophene rings is 1. The van der Waals surface area contributed by atoms with Crippen LogP contribution in [0.5, 0.6) is 11.5 Å². The van der Waals surface area contributed by atoms with Crippen molar-refractivity contribution in [3.8, 4) is 21.9 Å². The average Bonchev–Trinajstić information content (AvgIpc) is 3.79. The van der Waals surface area contributed by atoms with Crippen LogP contribution in [-0.4, -0.2) is 57.0 Å². The number of hydrogen-bond acceptors (Lipinski definition) is 8. The first-order valence-electron chi connectivity index (χ1n) is 16.2. The summed E-state index contributed by atoms with van der Waals surface area (Å²) in [4.78, 5) is 32.5. The molecular formula is C37H41N3O6S2. The third-order valence-corrected chi connectivity index (χ3v) is 11.1. The van der Waals surface area contributed by atoms with Crippen molar-refractivity contribution in [1.82, 2.24) is 9.62 Å². The van der Waals surface area contributed by atoms with Gasteiger partial charge in [0.05, 0.1) is 17.9 Å². The van der Waals surface area contributed by atoms with E-state index in [1.165, 1.54) is 49.6 Å². The van der Waals surface area contributed by atoms with Gasteiger partial charge in [-0.15, -0.1) is 11.3 Å². The van der Waals surface area contributed by atoms with Gasteiger partial charge in [0.25, 0.3) is 15.9 Å². The molecule has 2 fully saturated rings. The van der Waals surface area contributed by atoms with Gasteiger partial charge in [0.1, 0.15) is 11.5 Å². The Hall–Kier alpha value is -4.35. The number of sulfonamides is 1. The molecule has 1 atom stereocenters. The molecule has 0 radical (unpaired) electrons. The zero-order valence-corrected chi connectivity index (χ0v) is 29.1. The lowest BCUT2D eigenvalue weighted by Gasteiger charge is -2.36. The number of methoxy groups -OCH3 is 1. The van der Waals surface area contributed by atoms with Crippen LogP contribution in [0.1, 0.15) is 45.1 Å². The molecule has 1 unspecified atom stereocenters. The fourth-order valence-electron chi connectivity index (χ4n) is 5.99. The molecule has 1 N–H and O–H groups in total. The van der Waals surface area contributed by atoms with Crippen LogP contribution in [-0.2, 0) is 26.2 Å². The Morgan fingerprint density at radius 2 is 1.71 bits per heavy atom. The van der Waals surface area contributed by atoms with E-state index < -0.39 is 21.5 Å². The predicted molar refractivity (Wildman–Crippen MR) is 188 cm³/mol. The lowest BCUT2D eigenvalue weighted by molar-refractivity contribution is -0.137. The Kier molecular flexibility index (Phi) is 9.80. The van der Waals surface area contributed by atoms with Gasteiger partial charge < -0.3 is 19.3 Å². The predicted octanol–water partition coefficient (Wildman–Crippen LogP) is 6.49. The topological polar surface area (TPSA) is 105 Å². The van der Waals surface area contributed by atoms with Crippen LogP contribution in [0.15, 0.2) is 95.2 Å². The van der Waals surface area contributed by atoms with Gasteiger partial charge in [-0.3, -0.25) is 9.59 Å². The number of nitrogens with zero attached hydrogens (tertiary/aromatic N) is 2. The molecule has 0 bridgehead atoms. The van der Waals surface area contributed by atoms with Gasteiger partial charge in [0.15, 0.2) is 5.60 Å².